The summed E-state index contributed by atoms with van der Waals surface area (Å²) in [7, 11) is 0. The molecule has 3 aromatic heterocycles. The van der Waals surface area contributed by atoms with Crippen molar-refractivity contribution in [1.29, 1.82) is 0 Å². The molecule has 0 fully saturated rings. The Morgan fingerprint density at radius 1 is 1.11 bits per heavy atom. The maximum absolute atomic E-state index is 13.2. The van der Waals surface area contributed by atoms with E-state index in [4.69, 9.17) is 0 Å². The van der Waals surface area contributed by atoms with Gasteiger partial charge in [0, 0.05) is 21.4 Å². The normalized spacial score (nSPS) is 11.2. The summed E-state index contributed by atoms with van der Waals surface area (Å²) in [5.74, 6) is 0.474. The molecule has 3 heterocycles. The molecule has 0 aliphatic carbocycles. The average molecular weight is 395 g/mol. The van der Waals surface area contributed by atoms with E-state index >= 15 is 0 Å². The highest BCUT2D eigenvalue weighted by atomic mass is 32.1. The van der Waals surface area contributed by atoms with Crippen molar-refractivity contribution in [3.05, 3.63) is 74.0 Å². The molecule has 0 aliphatic rings. The molecule has 0 saturated heterocycles. The monoisotopic (exact) mass is 394 g/mol. The maximum Gasteiger partial charge on any atom is 0.263 e. The second kappa shape index (κ2) is 6.87. The fraction of sp³-hybridized carbons (Fsp3) is 0.190. The highest BCUT2D eigenvalue weighted by molar-refractivity contribution is 7.18. The fourth-order valence-corrected chi connectivity index (χ4v) is 4.87. The highest BCUT2D eigenvalue weighted by Gasteiger charge is 2.18. The zero-order valence-electron chi connectivity index (χ0n) is 15.3. The zero-order chi connectivity index (χ0) is 19.1. The fourth-order valence-electron chi connectivity index (χ4n) is 3.08. The highest BCUT2D eigenvalue weighted by Crippen LogP contribution is 2.33. The first-order valence-electron chi connectivity index (χ1n) is 8.58. The molecule has 0 amide bonds. The lowest BCUT2D eigenvalue weighted by molar-refractivity contribution is 0.0969. The minimum Gasteiger partial charge on any atom is -0.292 e. The van der Waals surface area contributed by atoms with Crippen LogP contribution in [-0.4, -0.2) is 15.3 Å². The number of hydrogen-bond acceptors (Lipinski definition) is 5. The molecule has 0 atom stereocenters. The topological polar surface area (TPSA) is 52.0 Å². The average Bonchev–Trinajstić information content (AvgIpc) is 3.30. The van der Waals surface area contributed by atoms with Crippen molar-refractivity contribution in [1.82, 2.24) is 9.55 Å². The van der Waals surface area contributed by atoms with Crippen molar-refractivity contribution in [2.45, 2.75) is 27.3 Å². The molecule has 136 valence electrons. The van der Waals surface area contributed by atoms with Gasteiger partial charge in [0.25, 0.3) is 5.56 Å². The number of hydrogen-bond donors (Lipinski definition) is 0. The molecule has 4 nitrogen and oxygen atoms in total. The van der Waals surface area contributed by atoms with Gasteiger partial charge in [-0.2, -0.15) is 0 Å². The van der Waals surface area contributed by atoms with E-state index in [1.807, 2.05) is 54.9 Å². The standard InChI is InChI=1S/C21H18N2O2S2/c1-12-6-7-15(9-13(12)2)17(24)10-23-14(3)22-20-19(21(23)25)16(11-27-20)18-5-4-8-26-18/h4-9,11H,10H2,1-3H3. The number of benzene rings is 1. The predicted octanol–water partition coefficient (Wildman–Crippen LogP) is 4.99. The molecule has 4 aromatic rings. The Bertz CT molecular complexity index is 1220. The number of nitrogens with zero attached hydrogens (tertiary/aromatic N) is 2. The number of carbonyl (C=O) groups is 1. The van der Waals surface area contributed by atoms with Gasteiger partial charge in [0.2, 0.25) is 0 Å². The lowest BCUT2D eigenvalue weighted by Gasteiger charge is -2.10. The van der Waals surface area contributed by atoms with Crippen molar-refractivity contribution in [2.24, 2.45) is 0 Å². The number of fused-ring (bicyclic) bond motifs is 1. The van der Waals surface area contributed by atoms with Crippen LogP contribution < -0.4 is 5.56 Å². The van der Waals surface area contributed by atoms with Crippen LogP contribution in [0.3, 0.4) is 0 Å². The minimum absolute atomic E-state index is 0.00413. The third-order valence-electron chi connectivity index (χ3n) is 4.80. The number of aromatic nitrogens is 2. The van der Waals surface area contributed by atoms with E-state index < -0.39 is 0 Å². The Balaban J connectivity index is 1.79. The Labute approximate surface area is 164 Å². The van der Waals surface area contributed by atoms with Gasteiger partial charge in [-0.3, -0.25) is 14.2 Å². The van der Waals surface area contributed by atoms with Gasteiger partial charge in [0.05, 0.1) is 11.9 Å². The van der Waals surface area contributed by atoms with Crippen LogP contribution >= 0.6 is 22.7 Å². The van der Waals surface area contributed by atoms with Crippen LogP contribution in [0.25, 0.3) is 20.7 Å². The summed E-state index contributed by atoms with van der Waals surface area (Å²) in [6.07, 6.45) is 0. The lowest BCUT2D eigenvalue weighted by Crippen LogP contribution is -2.27. The van der Waals surface area contributed by atoms with Gasteiger partial charge in [0.1, 0.15) is 10.7 Å². The van der Waals surface area contributed by atoms with Crippen LogP contribution in [0.4, 0.5) is 0 Å². The first-order valence-corrected chi connectivity index (χ1v) is 10.3. The molecule has 0 unspecified atom stereocenters. The second-order valence-corrected chi connectivity index (χ2v) is 8.39. The van der Waals surface area contributed by atoms with Gasteiger partial charge in [0.15, 0.2) is 5.78 Å². The molecule has 0 aliphatic heterocycles. The van der Waals surface area contributed by atoms with Gasteiger partial charge in [-0.15, -0.1) is 22.7 Å². The molecule has 27 heavy (non-hydrogen) atoms. The minimum atomic E-state index is -0.153. The van der Waals surface area contributed by atoms with E-state index in [9.17, 15) is 9.59 Å². The number of carbonyl (C=O) groups excluding carboxylic acids is 1. The third kappa shape index (κ3) is 3.15. The molecule has 0 spiro atoms. The summed E-state index contributed by atoms with van der Waals surface area (Å²) in [4.78, 5) is 32.3. The number of rotatable bonds is 4. The third-order valence-corrected chi connectivity index (χ3v) is 6.58. The lowest BCUT2D eigenvalue weighted by atomic mass is 10.0. The van der Waals surface area contributed by atoms with Crippen LogP contribution in [0.15, 0.2) is 45.9 Å². The smallest absolute Gasteiger partial charge is 0.263 e. The molecule has 0 saturated carbocycles. The SMILES string of the molecule is Cc1ccc(C(=O)Cn2c(C)nc3scc(-c4cccs4)c3c2=O)cc1C. The summed E-state index contributed by atoms with van der Waals surface area (Å²) < 4.78 is 1.49. The van der Waals surface area contributed by atoms with Crippen LogP contribution in [0.2, 0.25) is 0 Å². The van der Waals surface area contributed by atoms with Gasteiger partial charge in [-0.25, -0.2) is 4.98 Å². The van der Waals surface area contributed by atoms with Crippen molar-refractivity contribution in [2.75, 3.05) is 0 Å². The number of thiophene rings is 2. The summed E-state index contributed by atoms with van der Waals surface area (Å²) in [5, 5.41) is 4.56. The molecular weight excluding hydrogens is 376 g/mol. The molecule has 1 aromatic carbocycles. The quantitative estimate of drug-likeness (QED) is 0.458. The summed E-state index contributed by atoms with van der Waals surface area (Å²) in [5.41, 5.74) is 3.57. The van der Waals surface area contributed by atoms with E-state index in [2.05, 4.69) is 4.98 Å². The van der Waals surface area contributed by atoms with Crippen molar-refractivity contribution >= 4 is 38.7 Å². The molecule has 4 rings (SSSR count). The predicted molar refractivity (Wildman–Crippen MR) is 112 cm³/mol. The van der Waals surface area contributed by atoms with Crippen molar-refractivity contribution < 1.29 is 4.79 Å². The first-order chi connectivity index (χ1) is 13.0. The Morgan fingerprint density at radius 2 is 1.93 bits per heavy atom. The van der Waals surface area contributed by atoms with E-state index in [0.29, 0.717) is 16.8 Å². The van der Waals surface area contributed by atoms with E-state index in [1.54, 1.807) is 18.3 Å². The van der Waals surface area contributed by atoms with Crippen LogP contribution in [0, 0.1) is 20.8 Å². The zero-order valence-corrected chi connectivity index (χ0v) is 16.9. The van der Waals surface area contributed by atoms with E-state index in [0.717, 1.165) is 26.4 Å². The van der Waals surface area contributed by atoms with Crippen LogP contribution in [-0.2, 0) is 6.54 Å². The van der Waals surface area contributed by atoms with Gasteiger partial charge in [-0.05, 0) is 49.4 Å². The number of Topliss-reactive ketones (excluding diaryl/α,β-unsaturated/α-hetero) is 1. The summed E-state index contributed by atoms with van der Waals surface area (Å²) in [6.45, 7) is 5.77. The Morgan fingerprint density at radius 3 is 2.63 bits per heavy atom. The second-order valence-electron chi connectivity index (χ2n) is 6.58. The van der Waals surface area contributed by atoms with Crippen molar-refractivity contribution in [3.8, 4) is 10.4 Å². The van der Waals surface area contributed by atoms with E-state index in [1.165, 1.54) is 15.9 Å². The molecular formula is C21H18N2O2S2. The Kier molecular flexibility index (Phi) is 4.53. The summed E-state index contributed by atoms with van der Waals surface area (Å²) >= 11 is 3.06. The van der Waals surface area contributed by atoms with Gasteiger partial charge < -0.3 is 0 Å². The first kappa shape index (κ1) is 17.8. The van der Waals surface area contributed by atoms with E-state index in [-0.39, 0.29) is 17.9 Å². The van der Waals surface area contributed by atoms with Crippen LogP contribution in [0.5, 0.6) is 0 Å². The molecule has 0 N–H and O–H groups in total. The van der Waals surface area contributed by atoms with Crippen molar-refractivity contribution in [3.63, 3.8) is 0 Å². The summed E-state index contributed by atoms with van der Waals surface area (Å²) in [6, 6.07) is 9.60. The maximum atomic E-state index is 13.2. The van der Waals surface area contributed by atoms with Gasteiger partial charge in [-0.1, -0.05) is 18.2 Å². The number of ketones is 1. The number of aryl methyl sites for hydroxylation is 3. The largest absolute Gasteiger partial charge is 0.292 e. The Hall–Kier alpha value is -2.57. The molecule has 0 bridgehead atoms. The van der Waals surface area contributed by atoms with Crippen LogP contribution in [0.1, 0.15) is 27.3 Å². The molecule has 6 heteroatoms. The molecule has 0 radical (unpaired) electrons. The van der Waals surface area contributed by atoms with Gasteiger partial charge >= 0.3 is 0 Å².